The van der Waals surface area contributed by atoms with Crippen LogP contribution in [0.4, 0.5) is 0 Å². The number of carbonyl (C=O) groups is 1. The SMILES string of the molecule is COCOc1nn(-c2ccccc2)cc1C=Cc1csc(-c2ccccc2C(=O)O)n1. The molecule has 2 heterocycles. The summed E-state index contributed by atoms with van der Waals surface area (Å²) >= 11 is 1.39. The second-order valence-corrected chi connectivity index (χ2v) is 7.34. The van der Waals surface area contributed by atoms with E-state index in [1.807, 2.05) is 54.1 Å². The lowest BCUT2D eigenvalue weighted by Gasteiger charge is -2.02. The zero-order chi connectivity index (χ0) is 21.6. The standard InChI is InChI=1S/C23H19N3O4S/c1-29-15-30-21-16(13-26(25-21)18-7-3-2-4-8-18)11-12-17-14-31-22(24-17)19-9-5-6-10-20(19)23(27)28/h2-14H,15H2,1H3,(H,27,28). The summed E-state index contributed by atoms with van der Waals surface area (Å²) in [4.78, 5) is 16.1. The van der Waals surface area contributed by atoms with Crippen molar-refractivity contribution in [3.63, 3.8) is 0 Å². The van der Waals surface area contributed by atoms with Crippen molar-refractivity contribution in [2.45, 2.75) is 0 Å². The quantitative estimate of drug-likeness (QED) is 0.400. The highest BCUT2D eigenvalue weighted by molar-refractivity contribution is 7.13. The number of benzene rings is 2. The normalized spacial score (nSPS) is 11.1. The number of hydrogen-bond acceptors (Lipinski definition) is 6. The van der Waals surface area contributed by atoms with Gasteiger partial charge in [0.1, 0.15) is 5.01 Å². The molecular formula is C23H19N3O4S. The van der Waals surface area contributed by atoms with E-state index < -0.39 is 5.97 Å². The molecule has 2 aromatic heterocycles. The van der Waals surface area contributed by atoms with E-state index in [9.17, 15) is 9.90 Å². The fraction of sp³-hybridized carbons (Fsp3) is 0.0870. The van der Waals surface area contributed by atoms with E-state index in [2.05, 4.69) is 10.1 Å². The third kappa shape index (κ3) is 4.71. The van der Waals surface area contributed by atoms with Gasteiger partial charge < -0.3 is 14.6 Å². The molecule has 0 aliphatic rings. The molecule has 156 valence electrons. The molecule has 0 amide bonds. The van der Waals surface area contributed by atoms with E-state index in [-0.39, 0.29) is 12.4 Å². The second-order valence-electron chi connectivity index (χ2n) is 6.48. The van der Waals surface area contributed by atoms with Gasteiger partial charge >= 0.3 is 5.97 Å². The van der Waals surface area contributed by atoms with Gasteiger partial charge in [-0.1, -0.05) is 36.4 Å². The van der Waals surface area contributed by atoms with Crippen LogP contribution in [0.15, 0.2) is 66.2 Å². The summed E-state index contributed by atoms with van der Waals surface area (Å²) in [6.45, 7) is 0.0828. The fourth-order valence-corrected chi connectivity index (χ4v) is 3.77. The molecule has 1 N–H and O–H groups in total. The lowest BCUT2D eigenvalue weighted by atomic mass is 10.1. The molecule has 4 rings (SSSR count). The van der Waals surface area contributed by atoms with Crippen LogP contribution in [-0.4, -0.2) is 39.7 Å². The Balaban J connectivity index is 1.62. The first-order valence-electron chi connectivity index (χ1n) is 9.39. The summed E-state index contributed by atoms with van der Waals surface area (Å²) in [6, 6.07) is 16.6. The number of carboxylic acid groups (broad SMARTS) is 1. The number of hydrogen-bond donors (Lipinski definition) is 1. The Hall–Kier alpha value is -3.75. The maximum absolute atomic E-state index is 11.5. The Morgan fingerprint density at radius 3 is 2.68 bits per heavy atom. The summed E-state index contributed by atoms with van der Waals surface area (Å²) in [6.07, 6.45) is 5.57. The molecule has 8 heteroatoms. The molecule has 0 saturated carbocycles. The smallest absolute Gasteiger partial charge is 0.336 e. The summed E-state index contributed by atoms with van der Waals surface area (Å²) in [5.74, 6) is -0.537. The van der Waals surface area contributed by atoms with Gasteiger partial charge in [-0.2, -0.15) is 0 Å². The molecule has 4 aromatic rings. The monoisotopic (exact) mass is 433 g/mol. The van der Waals surface area contributed by atoms with Gasteiger partial charge in [-0.15, -0.1) is 16.4 Å². The van der Waals surface area contributed by atoms with Gasteiger partial charge in [0.25, 0.3) is 0 Å². The molecular weight excluding hydrogens is 414 g/mol. The van der Waals surface area contributed by atoms with Crippen molar-refractivity contribution in [3.05, 3.63) is 83.0 Å². The Morgan fingerprint density at radius 2 is 1.90 bits per heavy atom. The molecule has 0 spiro atoms. The van der Waals surface area contributed by atoms with Gasteiger partial charge in [0.2, 0.25) is 5.88 Å². The fourth-order valence-electron chi connectivity index (χ4n) is 2.94. The highest BCUT2D eigenvalue weighted by Crippen LogP contribution is 2.28. The Labute approximate surface area is 182 Å². The minimum atomic E-state index is -0.976. The number of aromatic nitrogens is 3. The number of ether oxygens (including phenoxy) is 2. The Bertz CT molecular complexity index is 1210. The van der Waals surface area contributed by atoms with Gasteiger partial charge in [0.05, 0.1) is 22.5 Å². The van der Waals surface area contributed by atoms with Crippen LogP contribution in [0.1, 0.15) is 21.6 Å². The van der Waals surface area contributed by atoms with E-state index in [4.69, 9.17) is 9.47 Å². The van der Waals surface area contributed by atoms with Crippen molar-refractivity contribution in [1.29, 1.82) is 0 Å². The molecule has 0 bridgehead atoms. The Kier molecular flexibility index (Phi) is 6.21. The third-order valence-corrected chi connectivity index (χ3v) is 5.28. The molecule has 0 aliphatic heterocycles. The number of rotatable bonds is 8. The maximum Gasteiger partial charge on any atom is 0.336 e. The van der Waals surface area contributed by atoms with Gasteiger partial charge in [-0.05, 0) is 30.4 Å². The first kappa shape index (κ1) is 20.5. The van der Waals surface area contributed by atoms with Crippen molar-refractivity contribution < 1.29 is 19.4 Å². The molecule has 0 fully saturated rings. The number of nitrogens with zero attached hydrogens (tertiary/aromatic N) is 3. The lowest BCUT2D eigenvalue weighted by molar-refractivity contribution is 0.0474. The summed E-state index contributed by atoms with van der Waals surface area (Å²) in [7, 11) is 1.55. The highest BCUT2D eigenvalue weighted by atomic mass is 32.1. The van der Waals surface area contributed by atoms with Gasteiger partial charge in [-0.25, -0.2) is 14.5 Å². The van der Waals surface area contributed by atoms with Gasteiger partial charge in [-0.3, -0.25) is 0 Å². The van der Waals surface area contributed by atoms with E-state index in [1.54, 1.807) is 36.1 Å². The number of aromatic carboxylic acids is 1. The van der Waals surface area contributed by atoms with Crippen molar-refractivity contribution in [3.8, 4) is 22.1 Å². The summed E-state index contributed by atoms with van der Waals surface area (Å²) in [5.41, 5.74) is 3.21. The molecule has 31 heavy (non-hydrogen) atoms. The van der Waals surface area contributed by atoms with Crippen molar-refractivity contribution in [1.82, 2.24) is 14.8 Å². The second kappa shape index (κ2) is 9.38. The van der Waals surface area contributed by atoms with Crippen LogP contribution < -0.4 is 4.74 Å². The Morgan fingerprint density at radius 1 is 1.13 bits per heavy atom. The predicted molar refractivity (Wildman–Crippen MR) is 120 cm³/mol. The zero-order valence-corrected chi connectivity index (χ0v) is 17.5. The molecule has 0 radical (unpaired) electrons. The number of thiazole rings is 1. The molecule has 0 aliphatic carbocycles. The summed E-state index contributed by atoms with van der Waals surface area (Å²) < 4.78 is 12.3. The van der Waals surface area contributed by atoms with E-state index in [1.165, 1.54) is 11.3 Å². The molecule has 0 saturated heterocycles. The third-order valence-electron chi connectivity index (χ3n) is 4.38. The summed E-state index contributed by atoms with van der Waals surface area (Å²) in [5, 5.41) is 16.4. The van der Waals surface area contributed by atoms with Crippen LogP contribution in [0.2, 0.25) is 0 Å². The lowest BCUT2D eigenvalue weighted by Crippen LogP contribution is -2.01. The zero-order valence-electron chi connectivity index (χ0n) is 16.6. The molecule has 7 nitrogen and oxygen atoms in total. The van der Waals surface area contributed by atoms with E-state index in [0.29, 0.717) is 22.1 Å². The van der Waals surface area contributed by atoms with Crippen LogP contribution in [0.25, 0.3) is 28.4 Å². The van der Waals surface area contributed by atoms with E-state index >= 15 is 0 Å². The van der Waals surface area contributed by atoms with Crippen molar-refractivity contribution >= 4 is 29.5 Å². The van der Waals surface area contributed by atoms with Crippen LogP contribution >= 0.6 is 11.3 Å². The number of para-hydroxylation sites is 1. The van der Waals surface area contributed by atoms with Crippen LogP contribution in [0.3, 0.4) is 0 Å². The first-order valence-corrected chi connectivity index (χ1v) is 10.3. The maximum atomic E-state index is 11.5. The molecule has 0 atom stereocenters. The average molecular weight is 433 g/mol. The van der Waals surface area contributed by atoms with Gasteiger partial charge in [0, 0.05) is 24.3 Å². The largest absolute Gasteiger partial charge is 0.478 e. The van der Waals surface area contributed by atoms with Gasteiger partial charge in [0.15, 0.2) is 6.79 Å². The van der Waals surface area contributed by atoms with Crippen LogP contribution in [0.5, 0.6) is 5.88 Å². The van der Waals surface area contributed by atoms with Crippen molar-refractivity contribution in [2.75, 3.05) is 13.9 Å². The van der Waals surface area contributed by atoms with Crippen molar-refractivity contribution in [2.24, 2.45) is 0 Å². The predicted octanol–water partition coefficient (Wildman–Crippen LogP) is 4.85. The minimum Gasteiger partial charge on any atom is -0.478 e. The number of methoxy groups -OCH3 is 1. The van der Waals surface area contributed by atoms with Crippen LogP contribution in [0, 0.1) is 0 Å². The average Bonchev–Trinajstić information content (AvgIpc) is 3.44. The molecule has 2 aromatic carbocycles. The first-order chi connectivity index (χ1) is 15.2. The minimum absolute atomic E-state index is 0.0828. The topological polar surface area (TPSA) is 86.5 Å². The highest BCUT2D eigenvalue weighted by Gasteiger charge is 2.14. The number of carboxylic acids is 1. The van der Waals surface area contributed by atoms with Crippen LogP contribution in [-0.2, 0) is 4.74 Å². The van der Waals surface area contributed by atoms with E-state index in [0.717, 1.165) is 11.3 Å². The molecule has 0 unspecified atom stereocenters.